The second-order valence-corrected chi connectivity index (χ2v) is 7.97. The molecule has 1 saturated carbocycles. The lowest BCUT2D eigenvalue weighted by Gasteiger charge is -2.11. The standard InChI is InChI=1S/C25H24FN5O/c26-13-4-14-27-23-24-28-15-22(31(24)16-21(30-23)17-5-2-1-3-6-17)18-7-9-19(10-8-18)25(32)29-20-11-12-20/h1-3,5-10,15-16,20H,4,11-14H2,(H,27,30)(H,29,32). The van der Waals surface area contributed by atoms with Gasteiger partial charge < -0.3 is 10.6 Å². The average Bonchev–Trinajstić information content (AvgIpc) is 3.54. The summed E-state index contributed by atoms with van der Waals surface area (Å²) in [6.45, 7) is 0.0897. The van der Waals surface area contributed by atoms with Gasteiger partial charge in [-0.1, -0.05) is 42.5 Å². The van der Waals surface area contributed by atoms with Gasteiger partial charge in [-0.3, -0.25) is 13.6 Å². The predicted octanol–water partition coefficient (Wildman–Crippen LogP) is 4.73. The van der Waals surface area contributed by atoms with Gasteiger partial charge in [0.15, 0.2) is 11.5 Å². The van der Waals surface area contributed by atoms with E-state index in [2.05, 4.69) is 15.6 Å². The van der Waals surface area contributed by atoms with E-state index in [1.54, 1.807) is 6.20 Å². The zero-order valence-corrected chi connectivity index (χ0v) is 17.6. The Hall–Kier alpha value is -3.74. The molecule has 7 heteroatoms. The van der Waals surface area contributed by atoms with Gasteiger partial charge in [-0.2, -0.15) is 0 Å². The number of anilines is 1. The molecule has 0 atom stereocenters. The number of fused-ring (bicyclic) bond motifs is 1. The number of halogens is 1. The number of hydrogen-bond acceptors (Lipinski definition) is 4. The van der Waals surface area contributed by atoms with Gasteiger partial charge in [0.05, 0.1) is 24.3 Å². The number of nitrogens with zero attached hydrogens (tertiary/aromatic N) is 3. The van der Waals surface area contributed by atoms with E-state index in [0.717, 1.165) is 35.4 Å². The number of aromatic nitrogens is 3. The Labute approximate surface area is 185 Å². The molecule has 2 heterocycles. The highest BCUT2D eigenvalue weighted by molar-refractivity contribution is 5.95. The fourth-order valence-electron chi connectivity index (χ4n) is 3.63. The van der Waals surface area contributed by atoms with Crippen LogP contribution in [0, 0.1) is 0 Å². The molecule has 0 aliphatic heterocycles. The van der Waals surface area contributed by atoms with Crippen molar-refractivity contribution in [3.05, 3.63) is 72.6 Å². The summed E-state index contributed by atoms with van der Waals surface area (Å²) < 4.78 is 14.6. The van der Waals surface area contributed by atoms with Crippen LogP contribution in [0.15, 0.2) is 67.0 Å². The predicted molar refractivity (Wildman–Crippen MR) is 123 cm³/mol. The van der Waals surface area contributed by atoms with Crippen molar-refractivity contribution < 1.29 is 9.18 Å². The van der Waals surface area contributed by atoms with Crippen LogP contribution in [-0.2, 0) is 0 Å². The fourth-order valence-corrected chi connectivity index (χ4v) is 3.63. The zero-order chi connectivity index (χ0) is 21.9. The third-order valence-corrected chi connectivity index (χ3v) is 5.52. The molecule has 162 valence electrons. The van der Waals surface area contributed by atoms with E-state index < -0.39 is 0 Å². The van der Waals surface area contributed by atoms with Crippen molar-refractivity contribution in [2.75, 3.05) is 18.5 Å². The highest BCUT2D eigenvalue weighted by atomic mass is 19.1. The van der Waals surface area contributed by atoms with Gasteiger partial charge in [-0.25, -0.2) is 9.97 Å². The Balaban J connectivity index is 1.53. The van der Waals surface area contributed by atoms with Crippen LogP contribution in [0.3, 0.4) is 0 Å². The second-order valence-electron chi connectivity index (χ2n) is 7.97. The molecular formula is C25H24FN5O. The number of rotatable bonds is 8. The van der Waals surface area contributed by atoms with Crippen LogP contribution < -0.4 is 10.6 Å². The number of carbonyl (C=O) groups is 1. The molecule has 5 rings (SSSR count). The summed E-state index contributed by atoms with van der Waals surface area (Å²) in [4.78, 5) is 21.6. The van der Waals surface area contributed by atoms with Crippen LogP contribution in [0.4, 0.5) is 10.2 Å². The number of imidazole rings is 1. The first-order chi connectivity index (χ1) is 15.7. The molecule has 2 aromatic heterocycles. The molecule has 2 aromatic carbocycles. The lowest BCUT2D eigenvalue weighted by Crippen LogP contribution is -2.25. The van der Waals surface area contributed by atoms with E-state index in [4.69, 9.17) is 4.98 Å². The first-order valence-corrected chi connectivity index (χ1v) is 10.9. The van der Waals surface area contributed by atoms with E-state index in [-0.39, 0.29) is 12.6 Å². The topological polar surface area (TPSA) is 71.3 Å². The van der Waals surface area contributed by atoms with Crippen LogP contribution >= 0.6 is 0 Å². The number of alkyl halides is 1. The van der Waals surface area contributed by atoms with Crippen molar-refractivity contribution in [1.82, 2.24) is 19.7 Å². The van der Waals surface area contributed by atoms with Crippen molar-refractivity contribution in [2.24, 2.45) is 0 Å². The lowest BCUT2D eigenvalue weighted by atomic mass is 10.1. The van der Waals surface area contributed by atoms with Gasteiger partial charge >= 0.3 is 0 Å². The summed E-state index contributed by atoms with van der Waals surface area (Å²) in [6.07, 6.45) is 6.28. The summed E-state index contributed by atoms with van der Waals surface area (Å²) in [5, 5.41) is 6.24. The Bertz CT molecular complexity index is 1230. The summed E-state index contributed by atoms with van der Waals surface area (Å²) >= 11 is 0. The van der Waals surface area contributed by atoms with Gasteiger partial charge in [0.1, 0.15) is 0 Å². The van der Waals surface area contributed by atoms with E-state index >= 15 is 0 Å². The van der Waals surface area contributed by atoms with Crippen LogP contribution in [0.2, 0.25) is 0 Å². The third-order valence-electron chi connectivity index (χ3n) is 5.52. The van der Waals surface area contributed by atoms with E-state index in [1.165, 1.54) is 0 Å². The largest absolute Gasteiger partial charge is 0.367 e. The van der Waals surface area contributed by atoms with Crippen LogP contribution in [-0.4, -0.2) is 39.5 Å². The number of benzene rings is 2. The molecule has 0 radical (unpaired) electrons. The first kappa shape index (κ1) is 20.2. The maximum atomic E-state index is 12.6. The number of nitrogens with one attached hydrogen (secondary N) is 2. The van der Waals surface area contributed by atoms with Crippen molar-refractivity contribution in [3.63, 3.8) is 0 Å². The molecule has 1 aliphatic carbocycles. The molecule has 0 saturated heterocycles. The fraction of sp³-hybridized carbons (Fsp3) is 0.240. The Morgan fingerprint density at radius 2 is 1.84 bits per heavy atom. The minimum absolute atomic E-state index is 0.0351. The van der Waals surface area contributed by atoms with Crippen LogP contribution in [0.5, 0.6) is 0 Å². The van der Waals surface area contributed by atoms with Gasteiger partial charge in [0.2, 0.25) is 0 Å². The molecule has 0 bridgehead atoms. The third kappa shape index (κ3) is 4.19. The minimum atomic E-state index is -0.387. The minimum Gasteiger partial charge on any atom is -0.367 e. The molecule has 4 aromatic rings. The normalized spacial score (nSPS) is 13.3. The van der Waals surface area contributed by atoms with E-state index in [1.807, 2.05) is 65.2 Å². The van der Waals surface area contributed by atoms with Gasteiger partial charge in [-0.15, -0.1) is 0 Å². The van der Waals surface area contributed by atoms with Crippen molar-refractivity contribution >= 4 is 17.4 Å². The smallest absolute Gasteiger partial charge is 0.251 e. The molecule has 0 spiro atoms. The molecule has 1 amide bonds. The quantitative estimate of drug-likeness (QED) is 0.398. The molecule has 1 aliphatic rings. The van der Waals surface area contributed by atoms with Crippen molar-refractivity contribution in [1.29, 1.82) is 0 Å². The van der Waals surface area contributed by atoms with Gasteiger partial charge in [0, 0.05) is 35.5 Å². The second kappa shape index (κ2) is 8.78. The van der Waals surface area contributed by atoms with Crippen LogP contribution in [0.1, 0.15) is 29.6 Å². The van der Waals surface area contributed by atoms with Gasteiger partial charge in [-0.05, 0) is 31.4 Å². The van der Waals surface area contributed by atoms with Crippen molar-refractivity contribution in [2.45, 2.75) is 25.3 Å². The Kier molecular flexibility index (Phi) is 5.54. The van der Waals surface area contributed by atoms with Crippen molar-refractivity contribution in [3.8, 4) is 22.5 Å². The lowest BCUT2D eigenvalue weighted by molar-refractivity contribution is 0.0951. The molecule has 2 N–H and O–H groups in total. The summed E-state index contributed by atoms with van der Waals surface area (Å²) in [6, 6.07) is 17.8. The molecule has 1 fully saturated rings. The molecular weight excluding hydrogens is 405 g/mol. The first-order valence-electron chi connectivity index (χ1n) is 10.9. The summed E-state index contributed by atoms with van der Waals surface area (Å²) in [7, 11) is 0. The van der Waals surface area contributed by atoms with E-state index in [0.29, 0.717) is 36.0 Å². The molecule has 0 unspecified atom stereocenters. The maximum Gasteiger partial charge on any atom is 0.251 e. The number of amides is 1. The highest BCUT2D eigenvalue weighted by Crippen LogP contribution is 2.28. The summed E-state index contributed by atoms with van der Waals surface area (Å²) in [5.41, 5.74) is 4.93. The molecule has 6 nitrogen and oxygen atoms in total. The average molecular weight is 429 g/mol. The monoisotopic (exact) mass is 429 g/mol. The number of carbonyl (C=O) groups excluding carboxylic acids is 1. The summed E-state index contributed by atoms with van der Waals surface area (Å²) in [5.74, 6) is 0.582. The Morgan fingerprint density at radius 1 is 1.06 bits per heavy atom. The Morgan fingerprint density at radius 3 is 2.56 bits per heavy atom. The maximum absolute atomic E-state index is 12.6. The van der Waals surface area contributed by atoms with Crippen LogP contribution in [0.25, 0.3) is 28.2 Å². The highest BCUT2D eigenvalue weighted by Gasteiger charge is 2.23. The van der Waals surface area contributed by atoms with Gasteiger partial charge in [0.25, 0.3) is 5.91 Å². The zero-order valence-electron chi connectivity index (χ0n) is 17.6. The SMILES string of the molecule is O=C(NC1CC1)c1ccc(-c2cnc3c(NCCCF)nc(-c4ccccc4)cn23)cc1. The molecule has 32 heavy (non-hydrogen) atoms. The van der Waals surface area contributed by atoms with E-state index in [9.17, 15) is 9.18 Å². The number of hydrogen-bond donors (Lipinski definition) is 2.